The van der Waals surface area contributed by atoms with E-state index >= 15 is 0 Å². The van der Waals surface area contributed by atoms with Crippen molar-refractivity contribution in [3.8, 4) is 0 Å². The minimum absolute atomic E-state index is 0.276. The molecule has 0 fully saturated rings. The molecule has 0 saturated heterocycles. The maximum Gasteiger partial charge on any atom is 0.315 e. The molecule has 0 aliphatic heterocycles. The molecule has 1 heterocycles. The van der Waals surface area contributed by atoms with E-state index in [0.717, 1.165) is 9.88 Å². The highest BCUT2D eigenvalue weighted by Crippen LogP contribution is 2.15. The molecule has 6 nitrogen and oxygen atoms in total. The minimum Gasteiger partial charge on any atom is -0.466 e. The first-order chi connectivity index (χ1) is 7.67. The van der Waals surface area contributed by atoms with Gasteiger partial charge in [0.1, 0.15) is 6.04 Å². The molecule has 0 saturated carbocycles. The number of thiazole rings is 1. The Bertz CT molecular complexity index is 411. The molecule has 0 amide bonds. The van der Waals surface area contributed by atoms with Gasteiger partial charge in [-0.1, -0.05) is 5.11 Å². The highest BCUT2D eigenvalue weighted by molar-refractivity contribution is 7.11. The number of esters is 1. The van der Waals surface area contributed by atoms with Crippen LogP contribution in [0.25, 0.3) is 10.4 Å². The number of aryl methyl sites for hydroxylation is 1. The van der Waals surface area contributed by atoms with Crippen molar-refractivity contribution < 1.29 is 9.53 Å². The summed E-state index contributed by atoms with van der Waals surface area (Å²) in [6.45, 7) is 3.86. The van der Waals surface area contributed by atoms with Crippen molar-refractivity contribution in [3.63, 3.8) is 0 Å². The summed E-state index contributed by atoms with van der Waals surface area (Å²) in [7, 11) is 0. The van der Waals surface area contributed by atoms with Gasteiger partial charge in [-0.3, -0.25) is 4.79 Å². The third kappa shape index (κ3) is 3.52. The third-order valence-corrected chi connectivity index (χ3v) is 2.75. The van der Waals surface area contributed by atoms with Crippen LogP contribution in [0.4, 0.5) is 0 Å². The molecule has 1 rings (SSSR count). The molecule has 0 radical (unpaired) electrons. The van der Waals surface area contributed by atoms with Crippen molar-refractivity contribution in [2.24, 2.45) is 5.11 Å². The van der Waals surface area contributed by atoms with Crippen LogP contribution in [0.2, 0.25) is 0 Å². The summed E-state index contributed by atoms with van der Waals surface area (Å²) in [5, 5.41) is 4.35. The van der Waals surface area contributed by atoms with Gasteiger partial charge >= 0.3 is 5.97 Å². The van der Waals surface area contributed by atoms with Crippen LogP contribution >= 0.6 is 11.3 Å². The van der Waals surface area contributed by atoms with Crippen LogP contribution in [-0.4, -0.2) is 23.6 Å². The number of azide groups is 1. The van der Waals surface area contributed by atoms with E-state index in [0.29, 0.717) is 6.42 Å². The highest BCUT2D eigenvalue weighted by atomic mass is 32.1. The number of hydrogen-bond donors (Lipinski definition) is 0. The van der Waals surface area contributed by atoms with E-state index in [1.165, 1.54) is 11.3 Å². The number of carbonyl (C=O) groups excluding carboxylic acids is 1. The predicted molar refractivity (Wildman–Crippen MR) is 60.1 cm³/mol. The zero-order valence-corrected chi connectivity index (χ0v) is 9.90. The van der Waals surface area contributed by atoms with Crippen molar-refractivity contribution in [1.82, 2.24) is 4.98 Å². The Hall–Kier alpha value is -1.59. The van der Waals surface area contributed by atoms with Crippen molar-refractivity contribution in [2.45, 2.75) is 26.3 Å². The Morgan fingerprint density at radius 2 is 2.56 bits per heavy atom. The van der Waals surface area contributed by atoms with Gasteiger partial charge < -0.3 is 4.74 Å². The average molecular weight is 240 g/mol. The fraction of sp³-hybridized carbons (Fsp3) is 0.556. The fourth-order valence-corrected chi connectivity index (χ4v) is 1.99. The molecule has 0 aliphatic rings. The molecule has 1 unspecified atom stereocenters. The largest absolute Gasteiger partial charge is 0.466 e. The van der Waals surface area contributed by atoms with Gasteiger partial charge in [-0.05, 0) is 19.4 Å². The van der Waals surface area contributed by atoms with E-state index in [4.69, 9.17) is 10.3 Å². The molecular weight excluding hydrogens is 228 g/mol. The molecule has 0 N–H and O–H groups in total. The molecule has 0 aliphatic carbocycles. The molecule has 7 heteroatoms. The Morgan fingerprint density at radius 3 is 3.06 bits per heavy atom. The molecule has 1 atom stereocenters. The Kier molecular flexibility index (Phi) is 4.75. The normalized spacial score (nSPS) is 11.6. The quantitative estimate of drug-likeness (QED) is 0.342. The van der Waals surface area contributed by atoms with Gasteiger partial charge in [0.25, 0.3) is 0 Å². The van der Waals surface area contributed by atoms with Crippen LogP contribution in [0.5, 0.6) is 0 Å². The average Bonchev–Trinajstić information content (AvgIpc) is 2.64. The van der Waals surface area contributed by atoms with Crippen molar-refractivity contribution in [1.29, 1.82) is 0 Å². The van der Waals surface area contributed by atoms with E-state index in [2.05, 4.69) is 15.0 Å². The molecule has 0 bridgehead atoms. The van der Waals surface area contributed by atoms with Gasteiger partial charge in [-0.2, -0.15) is 0 Å². The Morgan fingerprint density at radius 1 is 1.81 bits per heavy atom. The lowest BCUT2D eigenvalue weighted by Gasteiger charge is -2.07. The van der Waals surface area contributed by atoms with Crippen LogP contribution in [0, 0.1) is 6.92 Å². The second kappa shape index (κ2) is 6.09. The minimum atomic E-state index is -0.801. The molecule has 16 heavy (non-hydrogen) atoms. The lowest BCUT2D eigenvalue weighted by atomic mass is 10.2. The summed E-state index contributed by atoms with van der Waals surface area (Å²) in [6.07, 6.45) is 2.02. The zero-order valence-electron chi connectivity index (χ0n) is 9.08. The van der Waals surface area contributed by atoms with E-state index in [-0.39, 0.29) is 6.61 Å². The summed E-state index contributed by atoms with van der Waals surface area (Å²) in [4.78, 5) is 19.1. The number of nitrogens with zero attached hydrogens (tertiary/aromatic N) is 4. The third-order valence-electron chi connectivity index (χ3n) is 1.81. The van der Waals surface area contributed by atoms with Gasteiger partial charge in [-0.25, -0.2) is 4.98 Å². The van der Waals surface area contributed by atoms with Crippen LogP contribution in [0.15, 0.2) is 11.3 Å². The van der Waals surface area contributed by atoms with Crippen LogP contribution in [-0.2, 0) is 16.0 Å². The van der Waals surface area contributed by atoms with E-state index in [1.54, 1.807) is 13.1 Å². The topological polar surface area (TPSA) is 88.0 Å². The second-order valence-electron chi connectivity index (χ2n) is 3.02. The Balaban J connectivity index is 2.71. The first kappa shape index (κ1) is 12.5. The number of carbonyl (C=O) groups is 1. The maximum atomic E-state index is 11.4. The number of rotatable bonds is 5. The lowest BCUT2D eigenvalue weighted by Crippen LogP contribution is -2.23. The van der Waals surface area contributed by atoms with Gasteiger partial charge in [0.05, 0.1) is 11.6 Å². The predicted octanol–water partition coefficient (Wildman–Crippen LogP) is 2.24. The first-order valence-corrected chi connectivity index (χ1v) is 5.61. The molecule has 0 aromatic carbocycles. The molecule has 86 valence electrons. The van der Waals surface area contributed by atoms with E-state index in [1.807, 2.05) is 6.92 Å². The first-order valence-electron chi connectivity index (χ1n) is 4.79. The number of aromatic nitrogens is 1. The molecular formula is C9H12N4O2S. The van der Waals surface area contributed by atoms with E-state index < -0.39 is 12.0 Å². The van der Waals surface area contributed by atoms with Gasteiger partial charge in [0, 0.05) is 22.4 Å². The van der Waals surface area contributed by atoms with Gasteiger partial charge in [0.15, 0.2) is 0 Å². The molecule has 0 spiro atoms. The molecule has 1 aromatic heterocycles. The van der Waals surface area contributed by atoms with Gasteiger partial charge in [-0.15, -0.1) is 11.3 Å². The zero-order chi connectivity index (χ0) is 12.0. The highest BCUT2D eigenvalue weighted by Gasteiger charge is 2.19. The fourth-order valence-electron chi connectivity index (χ4n) is 1.16. The van der Waals surface area contributed by atoms with Crippen molar-refractivity contribution in [2.75, 3.05) is 6.61 Å². The molecule has 1 aromatic rings. The summed E-state index contributed by atoms with van der Waals surface area (Å²) in [5.74, 6) is -0.494. The van der Waals surface area contributed by atoms with Crippen molar-refractivity contribution in [3.05, 3.63) is 26.5 Å². The van der Waals surface area contributed by atoms with Gasteiger partial charge in [0.2, 0.25) is 0 Å². The van der Waals surface area contributed by atoms with Crippen LogP contribution in [0.3, 0.4) is 0 Å². The number of ether oxygens (including phenoxy) is 1. The summed E-state index contributed by atoms with van der Waals surface area (Å²) < 4.78 is 4.82. The Labute approximate surface area is 96.9 Å². The summed E-state index contributed by atoms with van der Waals surface area (Å²) in [5.41, 5.74) is 8.38. The lowest BCUT2D eigenvalue weighted by molar-refractivity contribution is -0.144. The van der Waals surface area contributed by atoms with Crippen molar-refractivity contribution >= 4 is 17.3 Å². The smallest absolute Gasteiger partial charge is 0.315 e. The second-order valence-corrected chi connectivity index (χ2v) is 4.34. The summed E-state index contributed by atoms with van der Waals surface area (Å²) in [6, 6.07) is -0.801. The summed E-state index contributed by atoms with van der Waals surface area (Å²) >= 11 is 1.48. The van der Waals surface area contributed by atoms with Crippen LogP contribution in [0.1, 0.15) is 16.8 Å². The van der Waals surface area contributed by atoms with Crippen LogP contribution < -0.4 is 0 Å². The standard InChI is InChI=1S/C9H12N4O2S/c1-3-15-9(14)8(12-13-10)4-7-5-11-6(2)16-7/h5,8H,3-4H2,1-2H3. The van der Waals surface area contributed by atoms with E-state index in [9.17, 15) is 4.79 Å². The maximum absolute atomic E-state index is 11.4. The number of hydrogen-bond acceptors (Lipinski definition) is 5. The monoisotopic (exact) mass is 240 g/mol. The SMILES string of the molecule is CCOC(=O)C(Cc1cnc(C)s1)N=[N+]=[N-].